The van der Waals surface area contributed by atoms with E-state index in [1.165, 1.54) is 30.7 Å². The van der Waals surface area contributed by atoms with Gasteiger partial charge in [-0.25, -0.2) is 19.3 Å². The molecule has 2 saturated heterocycles. The summed E-state index contributed by atoms with van der Waals surface area (Å²) < 4.78 is 20.0. The van der Waals surface area contributed by atoms with E-state index in [2.05, 4.69) is 36.2 Å². The zero-order valence-corrected chi connectivity index (χ0v) is 16.8. The molecule has 7 nitrogen and oxygen atoms in total. The summed E-state index contributed by atoms with van der Waals surface area (Å²) in [6, 6.07) is 4.33. The minimum Gasteiger partial charge on any atom is -0.445 e. The van der Waals surface area contributed by atoms with Crippen molar-refractivity contribution in [2.45, 2.75) is 37.4 Å². The zero-order valence-electron chi connectivity index (χ0n) is 15.3. The van der Waals surface area contributed by atoms with Crippen molar-refractivity contribution in [2.24, 2.45) is 0 Å². The Kier molecular flexibility index (Phi) is 4.54. The van der Waals surface area contributed by atoms with Gasteiger partial charge in [0.1, 0.15) is 12.1 Å². The zero-order chi connectivity index (χ0) is 20.0. The number of carbonyl (C=O) groups excluding carboxylic acids is 1. The standard InChI is InChI=1S/C20H17BrFN5O2/c21-11-9-24-20(25-10-11)26-16-8-13-2-4-17(16)27(13)19(28)14-3-1-12(22)7-15(14)18-23-5-6-29-18/h1,3,5-7,9-10,13,16-17H,2,4,8H2,(H,24,25,26)/t13-,16-,17+/m1/s1. The minimum absolute atomic E-state index is 0.0298. The molecule has 0 saturated carbocycles. The van der Waals surface area contributed by atoms with E-state index in [9.17, 15) is 9.18 Å². The number of amides is 1. The van der Waals surface area contributed by atoms with E-state index in [1.807, 2.05) is 4.90 Å². The van der Waals surface area contributed by atoms with Gasteiger partial charge in [0.15, 0.2) is 0 Å². The van der Waals surface area contributed by atoms with E-state index in [1.54, 1.807) is 12.4 Å². The lowest BCUT2D eigenvalue weighted by atomic mass is 9.96. The highest BCUT2D eigenvalue weighted by Crippen LogP contribution is 2.40. The summed E-state index contributed by atoms with van der Waals surface area (Å²) in [5.74, 6) is 0.204. The van der Waals surface area contributed by atoms with E-state index in [0.717, 1.165) is 23.7 Å². The van der Waals surface area contributed by atoms with Crippen molar-refractivity contribution in [1.82, 2.24) is 19.9 Å². The van der Waals surface area contributed by atoms with Crippen molar-refractivity contribution in [2.75, 3.05) is 5.32 Å². The summed E-state index contributed by atoms with van der Waals surface area (Å²) >= 11 is 3.33. The van der Waals surface area contributed by atoms with Crippen LogP contribution in [-0.4, -0.2) is 43.9 Å². The van der Waals surface area contributed by atoms with Crippen molar-refractivity contribution in [1.29, 1.82) is 0 Å². The molecule has 2 aliphatic rings. The molecule has 3 atom stereocenters. The molecule has 2 bridgehead atoms. The van der Waals surface area contributed by atoms with Gasteiger partial charge in [-0.15, -0.1) is 0 Å². The number of benzene rings is 1. The largest absolute Gasteiger partial charge is 0.445 e. The molecular formula is C20H17BrFN5O2. The van der Waals surface area contributed by atoms with Gasteiger partial charge < -0.3 is 14.6 Å². The third-order valence-corrected chi connectivity index (χ3v) is 5.99. The van der Waals surface area contributed by atoms with Crippen molar-refractivity contribution >= 4 is 27.8 Å². The van der Waals surface area contributed by atoms with Crippen LogP contribution in [0, 0.1) is 5.82 Å². The molecule has 0 aliphatic carbocycles. The average molecular weight is 458 g/mol. The Morgan fingerprint density at radius 2 is 2.07 bits per heavy atom. The van der Waals surface area contributed by atoms with Gasteiger partial charge in [-0.1, -0.05) is 0 Å². The highest BCUT2D eigenvalue weighted by molar-refractivity contribution is 9.10. The fourth-order valence-corrected chi connectivity index (χ4v) is 4.59. The highest BCUT2D eigenvalue weighted by atomic mass is 79.9. The van der Waals surface area contributed by atoms with Crippen LogP contribution in [0.2, 0.25) is 0 Å². The summed E-state index contributed by atoms with van der Waals surface area (Å²) in [7, 11) is 0. The fraction of sp³-hybridized carbons (Fsp3) is 0.300. The van der Waals surface area contributed by atoms with Gasteiger partial charge in [0.25, 0.3) is 5.91 Å². The van der Waals surface area contributed by atoms with Crippen LogP contribution in [0.15, 0.2) is 51.9 Å². The number of nitrogens with zero attached hydrogens (tertiary/aromatic N) is 4. The smallest absolute Gasteiger partial charge is 0.255 e. The molecule has 0 radical (unpaired) electrons. The van der Waals surface area contributed by atoms with Crippen LogP contribution in [0.5, 0.6) is 0 Å². The molecule has 1 aromatic carbocycles. The van der Waals surface area contributed by atoms with E-state index < -0.39 is 5.82 Å². The van der Waals surface area contributed by atoms with Crippen molar-refractivity contribution in [3.63, 3.8) is 0 Å². The van der Waals surface area contributed by atoms with Crippen LogP contribution < -0.4 is 5.32 Å². The molecular weight excluding hydrogens is 441 g/mol. The number of aromatic nitrogens is 3. The number of oxazole rings is 1. The lowest BCUT2D eigenvalue weighted by molar-refractivity contribution is 0.0728. The first-order chi connectivity index (χ1) is 14.1. The van der Waals surface area contributed by atoms with Crippen LogP contribution in [0.1, 0.15) is 29.6 Å². The molecule has 3 aromatic rings. The monoisotopic (exact) mass is 457 g/mol. The number of hydrogen-bond acceptors (Lipinski definition) is 6. The first-order valence-electron chi connectivity index (χ1n) is 9.36. The maximum Gasteiger partial charge on any atom is 0.255 e. The van der Waals surface area contributed by atoms with Crippen LogP contribution in [0.3, 0.4) is 0 Å². The van der Waals surface area contributed by atoms with Gasteiger partial charge >= 0.3 is 0 Å². The van der Waals surface area contributed by atoms with Gasteiger partial charge in [0.05, 0.1) is 33.9 Å². The Bertz CT molecular complexity index is 1040. The first-order valence-corrected chi connectivity index (χ1v) is 10.2. The Balaban J connectivity index is 1.42. The molecule has 9 heteroatoms. The predicted octanol–water partition coefficient (Wildman–Crippen LogP) is 3.89. The second kappa shape index (κ2) is 7.22. The Morgan fingerprint density at radius 3 is 2.83 bits per heavy atom. The van der Waals surface area contributed by atoms with E-state index in [4.69, 9.17) is 4.42 Å². The first kappa shape index (κ1) is 18.2. The van der Waals surface area contributed by atoms with Crippen molar-refractivity contribution in [3.05, 3.63) is 58.9 Å². The molecule has 5 rings (SSSR count). The quantitative estimate of drug-likeness (QED) is 0.639. The Labute approximate surface area is 174 Å². The van der Waals surface area contributed by atoms with Crippen molar-refractivity contribution in [3.8, 4) is 11.5 Å². The fourth-order valence-electron chi connectivity index (χ4n) is 4.39. The molecule has 148 valence electrons. The topological polar surface area (TPSA) is 84.2 Å². The van der Waals surface area contributed by atoms with E-state index in [-0.39, 0.29) is 29.9 Å². The highest BCUT2D eigenvalue weighted by Gasteiger charge is 2.49. The van der Waals surface area contributed by atoms with Gasteiger partial charge in [-0.3, -0.25) is 4.79 Å². The van der Waals surface area contributed by atoms with Gasteiger partial charge in [0.2, 0.25) is 11.8 Å². The summed E-state index contributed by atoms with van der Waals surface area (Å²) in [6.45, 7) is 0. The molecule has 1 N–H and O–H groups in total. The lowest BCUT2D eigenvalue weighted by Gasteiger charge is -2.25. The third kappa shape index (κ3) is 3.29. The molecule has 4 heterocycles. The maximum absolute atomic E-state index is 13.9. The van der Waals surface area contributed by atoms with Crippen LogP contribution in [0.4, 0.5) is 10.3 Å². The molecule has 2 aliphatic heterocycles. The number of hydrogen-bond donors (Lipinski definition) is 1. The van der Waals surface area contributed by atoms with Crippen LogP contribution in [-0.2, 0) is 0 Å². The summed E-state index contributed by atoms with van der Waals surface area (Å²) in [6.07, 6.45) is 8.94. The minimum atomic E-state index is -0.439. The second-order valence-corrected chi connectivity index (χ2v) is 8.17. The molecule has 2 fully saturated rings. The number of nitrogens with one attached hydrogen (secondary N) is 1. The van der Waals surface area contributed by atoms with Gasteiger partial charge in [-0.05, 0) is 53.4 Å². The summed E-state index contributed by atoms with van der Waals surface area (Å²) in [4.78, 5) is 28.0. The number of carbonyl (C=O) groups is 1. The van der Waals surface area contributed by atoms with Gasteiger partial charge in [-0.2, -0.15) is 0 Å². The number of fused-ring (bicyclic) bond motifs is 2. The molecule has 2 aromatic heterocycles. The molecule has 29 heavy (non-hydrogen) atoms. The Morgan fingerprint density at radius 1 is 1.24 bits per heavy atom. The number of anilines is 1. The third-order valence-electron chi connectivity index (χ3n) is 5.58. The summed E-state index contributed by atoms with van der Waals surface area (Å²) in [5, 5.41) is 3.36. The number of halogens is 2. The Hall–Kier alpha value is -2.81. The number of rotatable bonds is 4. The molecule has 0 unspecified atom stereocenters. The van der Waals surface area contributed by atoms with E-state index in [0.29, 0.717) is 17.1 Å². The normalized spacial score (nSPS) is 22.8. The van der Waals surface area contributed by atoms with Crippen molar-refractivity contribution < 1.29 is 13.6 Å². The lowest BCUT2D eigenvalue weighted by Crippen LogP contribution is -2.40. The summed E-state index contributed by atoms with van der Waals surface area (Å²) in [5.41, 5.74) is 0.762. The predicted molar refractivity (Wildman–Crippen MR) is 107 cm³/mol. The molecule has 1 amide bonds. The average Bonchev–Trinajstić information content (AvgIpc) is 3.45. The van der Waals surface area contributed by atoms with E-state index >= 15 is 0 Å². The SMILES string of the molecule is O=C(c1ccc(F)cc1-c1ncco1)N1[C@@H]2CC[C@H]1[C@H](Nc1ncc(Br)cn1)C2. The maximum atomic E-state index is 13.9. The second-order valence-electron chi connectivity index (χ2n) is 7.25. The van der Waals surface area contributed by atoms with Crippen LogP contribution >= 0.6 is 15.9 Å². The molecule has 0 spiro atoms. The van der Waals surface area contributed by atoms with Gasteiger partial charge in [0, 0.05) is 18.4 Å². The van der Waals surface area contributed by atoms with Crippen LogP contribution in [0.25, 0.3) is 11.5 Å².